The molecule has 1 fully saturated rings. The van der Waals surface area contributed by atoms with Gasteiger partial charge in [0.25, 0.3) is 0 Å². The van der Waals surface area contributed by atoms with E-state index in [9.17, 15) is 4.79 Å². The molecule has 1 aliphatic heterocycles. The Kier molecular flexibility index (Phi) is 6.43. The van der Waals surface area contributed by atoms with E-state index < -0.39 is 0 Å². The van der Waals surface area contributed by atoms with Gasteiger partial charge in [-0.3, -0.25) is 9.69 Å². The molecule has 1 saturated heterocycles. The Bertz CT molecular complexity index is 510. The van der Waals surface area contributed by atoms with Gasteiger partial charge in [0.15, 0.2) is 0 Å². The number of hydrogen-bond acceptors (Lipinski definition) is 4. The van der Waals surface area contributed by atoms with Gasteiger partial charge in [-0.15, -0.1) is 0 Å². The standard InChI is InChI=1S/C17H24N2O3/c1-18(14-17(20)19-10-12-22-13-11-19)9-5-7-15-6-3-4-8-16(15)21-2/h3-8H,9-14H2,1-2H3. The van der Waals surface area contributed by atoms with E-state index in [1.165, 1.54) is 0 Å². The molecule has 120 valence electrons. The maximum atomic E-state index is 12.1. The molecular weight excluding hydrogens is 280 g/mol. The van der Waals surface area contributed by atoms with Gasteiger partial charge < -0.3 is 14.4 Å². The number of amides is 1. The molecule has 5 nitrogen and oxygen atoms in total. The Morgan fingerprint density at radius 2 is 2.09 bits per heavy atom. The third kappa shape index (κ3) is 4.86. The maximum absolute atomic E-state index is 12.1. The van der Waals surface area contributed by atoms with Crippen molar-refractivity contribution in [1.29, 1.82) is 0 Å². The largest absolute Gasteiger partial charge is 0.496 e. The Morgan fingerprint density at radius 3 is 2.82 bits per heavy atom. The van der Waals surface area contributed by atoms with Crippen LogP contribution in [-0.2, 0) is 9.53 Å². The van der Waals surface area contributed by atoms with Crippen molar-refractivity contribution < 1.29 is 14.3 Å². The second kappa shape index (κ2) is 8.56. The van der Waals surface area contributed by atoms with E-state index in [1.54, 1.807) is 7.11 Å². The summed E-state index contributed by atoms with van der Waals surface area (Å²) < 4.78 is 10.6. The molecule has 1 amide bonds. The van der Waals surface area contributed by atoms with Crippen molar-refractivity contribution in [3.05, 3.63) is 35.9 Å². The molecule has 0 spiro atoms. The summed E-state index contributed by atoms with van der Waals surface area (Å²) in [7, 11) is 3.62. The number of hydrogen-bond donors (Lipinski definition) is 0. The van der Waals surface area contributed by atoms with E-state index in [1.807, 2.05) is 53.3 Å². The summed E-state index contributed by atoms with van der Waals surface area (Å²) in [6, 6.07) is 7.87. The van der Waals surface area contributed by atoms with Gasteiger partial charge in [0.05, 0.1) is 26.9 Å². The maximum Gasteiger partial charge on any atom is 0.236 e. The first-order valence-electron chi connectivity index (χ1n) is 7.54. The Hall–Kier alpha value is -1.85. The van der Waals surface area contributed by atoms with Gasteiger partial charge in [-0.1, -0.05) is 30.4 Å². The summed E-state index contributed by atoms with van der Waals surface area (Å²) in [4.78, 5) is 16.0. The number of para-hydroxylation sites is 1. The highest BCUT2D eigenvalue weighted by Gasteiger charge is 2.17. The third-order valence-corrected chi connectivity index (χ3v) is 3.62. The quantitative estimate of drug-likeness (QED) is 0.799. The van der Waals surface area contributed by atoms with Crippen molar-refractivity contribution in [3.8, 4) is 5.75 Å². The number of nitrogens with zero attached hydrogens (tertiary/aromatic N) is 2. The Morgan fingerprint density at radius 1 is 1.36 bits per heavy atom. The van der Waals surface area contributed by atoms with Crippen molar-refractivity contribution in [3.63, 3.8) is 0 Å². The zero-order chi connectivity index (χ0) is 15.8. The topological polar surface area (TPSA) is 42.0 Å². The number of carbonyl (C=O) groups excluding carboxylic acids is 1. The number of ether oxygens (including phenoxy) is 2. The first-order valence-corrected chi connectivity index (χ1v) is 7.54. The van der Waals surface area contributed by atoms with Gasteiger partial charge in [-0.25, -0.2) is 0 Å². The van der Waals surface area contributed by atoms with Crippen LogP contribution in [0.25, 0.3) is 6.08 Å². The van der Waals surface area contributed by atoms with E-state index in [4.69, 9.17) is 9.47 Å². The van der Waals surface area contributed by atoms with Crippen LogP contribution in [0.2, 0.25) is 0 Å². The average molecular weight is 304 g/mol. The van der Waals surface area contributed by atoms with Crippen molar-refractivity contribution in [2.75, 3.05) is 53.6 Å². The minimum Gasteiger partial charge on any atom is -0.496 e. The highest BCUT2D eigenvalue weighted by molar-refractivity contribution is 5.78. The van der Waals surface area contributed by atoms with Crippen LogP contribution in [0.5, 0.6) is 5.75 Å². The van der Waals surface area contributed by atoms with Crippen molar-refractivity contribution in [2.45, 2.75) is 0 Å². The summed E-state index contributed by atoms with van der Waals surface area (Å²) in [5.74, 6) is 1.02. The molecule has 0 aliphatic carbocycles. The molecule has 22 heavy (non-hydrogen) atoms. The summed E-state index contributed by atoms with van der Waals surface area (Å²) in [5.41, 5.74) is 1.04. The van der Waals surface area contributed by atoms with Crippen LogP contribution in [0.15, 0.2) is 30.3 Å². The van der Waals surface area contributed by atoms with Crippen LogP contribution in [0.4, 0.5) is 0 Å². The van der Waals surface area contributed by atoms with Crippen molar-refractivity contribution >= 4 is 12.0 Å². The molecule has 0 N–H and O–H groups in total. The molecule has 1 aliphatic rings. The first-order chi connectivity index (χ1) is 10.7. The van der Waals surface area contributed by atoms with E-state index in [0.717, 1.165) is 11.3 Å². The van der Waals surface area contributed by atoms with E-state index in [2.05, 4.69) is 0 Å². The summed E-state index contributed by atoms with van der Waals surface area (Å²) in [6.45, 7) is 3.82. The van der Waals surface area contributed by atoms with Gasteiger partial charge >= 0.3 is 0 Å². The average Bonchev–Trinajstić information content (AvgIpc) is 2.56. The normalized spacial score (nSPS) is 15.5. The van der Waals surface area contributed by atoms with Crippen LogP contribution in [0, 0.1) is 0 Å². The fourth-order valence-corrected chi connectivity index (χ4v) is 2.37. The third-order valence-electron chi connectivity index (χ3n) is 3.62. The lowest BCUT2D eigenvalue weighted by Crippen LogP contribution is -2.45. The Labute approximate surface area is 132 Å². The minimum absolute atomic E-state index is 0.163. The lowest BCUT2D eigenvalue weighted by Gasteiger charge is -2.28. The fourth-order valence-electron chi connectivity index (χ4n) is 2.37. The highest BCUT2D eigenvalue weighted by Crippen LogP contribution is 2.18. The molecule has 1 aromatic rings. The van der Waals surface area contributed by atoms with Gasteiger partial charge in [-0.05, 0) is 13.1 Å². The molecule has 0 radical (unpaired) electrons. The van der Waals surface area contributed by atoms with Crippen LogP contribution in [-0.4, -0.2) is 69.3 Å². The molecule has 0 aromatic heterocycles. The van der Waals surface area contributed by atoms with Crippen LogP contribution in [0.1, 0.15) is 5.56 Å². The zero-order valence-corrected chi connectivity index (χ0v) is 13.3. The highest BCUT2D eigenvalue weighted by atomic mass is 16.5. The van der Waals surface area contributed by atoms with E-state index in [-0.39, 0.29) is 5.91 Å². The van der Waals surface area contributed by atoms with Crippen LogP contribution < -0.4 is 4.74 Å². The Balaban J connectivity index is 1.80. The lowest BCUT2D eigenvalue weighted by molar-refractivity contribution is -0.136. The molecule has 1 aromatic carbocycles. The fraction of sp³-hybridized carbons (Fsp3) is 0.471. The first kappa shape index (κ1) is 16.5. The summed E-state index contributed by atoms with van der Waals surface area (Å²) in [5, 5.41) is 0. The zero-order valence-electron chi connectivity index (χ0n) is 13.3. The van der Waals surface area contributed by atoms with Gasteiger partial charge in [0.1, 0.15) is 5.75 Å². The van der Waals surface area contributed by atoms with Crippen molar-refractivity contribution in [2.24, 2.45) is 0 Å². The number of morpholine rings is 1. The molecule has 0 unspecified atom stereocenters. The van der Waals surface area contributed by atoms with Gasteiger partial charge in [0, 0.05) is 25.2 Å². The number of benzene rings is 1. The van der Waals surface area contributed by atoms with E-state index in [0.29, 0.717) is 39.4 Å². The molecular formula is C17H24N2O3. The molecule has 0 bridgehead atoms. The second-order valence-electron chi connectivity index (χ2n) is 5.33. The second-order valence-corrected chi connectivity index (χ2v) is 5.33. The van der Waals surface area contributed by atoms with Crippen molar-refractivity contribution in [1.82, 2.24) is 9.80 Å². The van der Waals surface area contributed by atoms with Gasteiger partial charge in [0.2, 0.25) is 5.91 Å². The van der Waals surface area contributed by atoms with E-state index >= 15 is 0 Å². The molecule has 2 rings (SSSR count). The minimum atomic E-state index is 0.163. The van der Waals surface area contributed by atoms with Crippen LogP contribution in [0.3, 0.4) is 0 Å². The molecule has 1 heterocycles. The molecule has 0 atom stereocenters. The molecule has 0 saturated carbocycles. The predicted octanol–water partition coefficient (Wildman–Crippen LogP) is 1.50. The smallest absolute Gasteiger partial charge is 0.236 e. The number of likely N-dealkylation sites (N-methyl/N-ethyl adjacent to an activating group) is 1. The monoisotopic (exact) mass is 304 g/mol. The SMILES string of the molecule is COc1ccccc1C=CCN(C)CC(=O)N1CCOCC1. The number of rotatable bonds is 6. The predicted molar refractivity (Wildman–Crippen MR) is 86.9 cm³/mol. The summed E-state index contributed by atoms with van der Waals surface area (Å²) in [6.07, 6.45) is 4.07. The summed E-state index contributed by atoms with van der Waals surface area (Å²) >= 11 is 0. The molecule has 5 heteroatoms. The van der Waals surface area contributed by atoms with Gasteiger partial charge in [-0.2, -0.15) is 0 Å². The lowest BCUT2D eigenvalue weighted by atomic mass is 10.2. The van der Waals surface area contributed by atoms with Crippen LogP contribution >= 0.6 is 0 Å². The number of carbonyl (C=O) groups is 1. The number of methoxy groups -OCH3 is 1.